The molecule has 80 valence electrons. The quantitative estimate of drug-likeness (QED) is 0.699. The minimum absolute atomic E-state index is 1.33. The summed E-state index contributed by atoms with van der Waals surface area (Å²) in [5.74, 6) is 0. The van der Waals surface area contributed by atoms with Crippen LogP contribution in [0.25, 0.3) is 0 Å². The van der Waals surface area contributed by atoms with Crippen LogP contribution in [-0.2, 0) is 8.85 Å². The molecule has 0 heterocycles. The first kappa shape index (κ1) is 13.6. The van der Waals surface area contributed by atoms with Gasteiger partial charge in [0.1, 0.15) is 0 Å². The number of hydrogen-bond acceptors (Lipinski definition) is 2. The van der Waals surface area contributed by atoms with Gasteiger partial charge in [0.15, 0.2) is 15.7 Å². The molecule has 0 aliphatic rings. The topological polar surface area (TPSA) is 18.5 Å². The van der Waals surface area contributed by atoms with E-state index < -0.39 is 22.8 Å². The minimum Gasteiger partial charge on any atom is -0.423 e. The molecule has 0 bridgehead atoms. The molecule has 0 rings (SSSR count). The molecule has 13 heavy (non-hydrogen) atoms. The average molecular weight is 237 g/mol. The highest BCUT2D eigenvalue weighted by Gasteiger charge is 2.54. The third-order valence-electron chi connectivity index (χ3n) is 4.03. The highest BCUT2D eigenvalue weighted by Crippen LogP contribution is 2.29. The molecule has 0 unspecified atom stereocenters. The Kier molecular flexibility index (Phi) is 4.15. The van der Waals surface area contributed by atoms with E-state index in [-0.39, 0.29) is 0 Å². The molecule has 0 N–H and O–H groups in total. The first-order valence-corrected chi connectivity index (χ1v) is 15.5. The summed E-state index contributed by atoms with van der Waals surface area (Å²) in [4.78, 5) is 0. The summed E-state index contributed by atoms with van der Waals surface area (Å²) in [7, 11) is -0.572. The molecule has 0 saturated carbocycles. The molecular weight excluding hydrogens is 212 g/mol. The summed E-state index contributed by atoms with van der Waals surface area (Å²) < 4.78 is 11.5. The molecule has 0 aliphatic heterocycles. The molecule has 0 aromatic rings. The van der Waals surface area contributed by atoms with Crippen molar-refractivity contribution in [2.45, 2.75) is 39.3 Å². The Morgan fingerprint density at radius 3 is 1.00 bits per heavy atom. The second-order valence-corrected chi connectivity index (χ2v) is 31.4. The molecule has 5 heteroatoms. The lowest BCUT2D eigenvalue weighted by Gasteiger charge is -2.45. The summed E-state index contributed by atoms with van der Waals surface area (Å²) in [6, 6.07) is 0. The van der Waals surface area contributed by atoms with E-state index in [0.717, 1.165) is 0 Å². The maximum Gasteiger partial charge on any atom is 0.173 e. The van der Waals surface area contributed by atoms with Crippen molar-refractivity contribution in [3.8, 4) is 0 Å². The van der Waals surface area contributed by atoms with Gasteiger partial charge in [-0.3, -0.25) is 0 Å². The van der Waals surface area contributed by atoms with Gasteiger partial charge in [-0.1, -0.05) is 13.1 Å². The van der Waals surface area contributed by atoms with Crippen molar-refractivity contribution in [2.75, 3.05) is 14.2 Å². The summed E-state index contributed by atoms with van der Waals surface area (Å²) in [5, 5.41) is 0. The van der Waals surface area contributed by atoms with E-state index in [1.165, 1.54) is 0 Å². The van der Waals surface area contributed by atoms with Crippen LogP contribution in [0.2, 0.25) is 39.3 Å². The van der Waals surface area contributed by atoms with Crippen LogP contribution in [0.3, 0.4) is 0 Å². The zero-order valence-electron chi connectivity index (χ0n) is 10.3. The summed E-state index contributed by atoms with van der Waals surface area (Å²) in [6.07, 6.45) is 0. The van der Waals surface area contributed by atoms with Gasteiger partial charge in [0.25, 0.3) is 0 Å². The lowest BCUT2D eigenvalue weighted by molar-refractivity contribution is 0.410. The Bertz CT molecular complexity index is 160. The molecule has 0 aromatic heterocycles. The Balaban J connectivity index is 4.95. The smallest absolute Gasteiger partial charge is 0.173 e. The van der Waals surface area contributed by atoms with Gasteiger partial charge in [-0.15, -0.1) is 0 Å². The summed E-state index contributed by atoms with van der Waals surface area (Å²) >= 11 is 0. The normalized spacial score (nSPS) is 14.8. The monoisotopic (exact) mass is 236 g/mol. The van der Waals surface area contributed by atoms with Gasteiger partial charge < -0.3 is 8.85 Å². The van der Waals surface area contributed by atoms with Crippen LogP contribution in [0.15, 0.2) is 0 Å². The van der Waals surface area contributed by atoms with E-state index in [4.69, 9.17) is 8.85 Å². The largest absolute Gasteiger partial charge is 0.423 e. The van der Waals surface area contributed by atoms with Gasteiger partial charge in [0, 0.05) is 14.2 Å². The fourth-order valence-electron chi connectivity index (χ4n) is 1.24. The Hall–Kier alpha value is 0.571. The van der Waals surface area contributed by atoms with Gasteiger partial charge in [-0.25, -0.2) is 0 Å². The van der Waals surface area contributed by atoms with Crippen LogP contribution in [-0.4, -0.2) is 37.0 Å². The highest BCUT2D eigenvalue weighted by atomic mass is 29.7. The van der Waals surface area contributed by atoms with Crippen molar-refractivity contribution in [3.05, 3.63) is 0 Å². The molecule has 0 spiro atoms. The Morgan fingerprint density at radius 2 is 0.846 bits per heavy atom. The minimum atomic E-state index is -1.49. The molecule has 0 fully saturated rings. The molecule has 0 aliphatic carbocycles. The molecule has 0 atom stereocenters. The second-order valence-electron chi connectivity index (χ2n) is 5.05. The summed E-state index contributed by atoms with van der Waals surface area (Å²) in [6.45, 7) is 14.2. The van der Waals surface area contributed by atoms with Crippen LogP contribution in [0.5, 0.6) is 0 Å². The fourth-order valence-corrected chi connectivity index (χ4v) is 26.0. The Labute approximate surface area is 85.5 Å². The van der Waals surface area contributed by atoms with Crippen LogP contribution < -0.4 is 0 Å². The average Bonchev–Trinajstić information content (AvgIpc) is 2.03. The van der Waals surface area contributed by atoms with Crippen molar-refractivity contribution >= 4 is 22.8 Å². The fraction of sp³-hybridized carbons (Fsp3) is 1.00. The molecule has 0 amide bonds. The predicted molar refractivity (Wildman–Crippen MR) is 66.5 cm³/mol. The third kappa shape index (κ3) is 2.33. The number of hydrogen-bond donors (Lipinski definition) is 0. The second kappa shape index (κ2) is 3.98. The van der Waals surface area contributed by atoms with Crippen molar-refractivity contribution in [1.82, 2.24) is 0 Å². The van der Waals surface area contributed by atoms with Gasteiger partial charge in [0.05, 0.1) is 7.11 Å². The summed E-state index contributed by atoms with van der Waals surface area (Å²) in [5.41, 5.74) is 0. The van der Waals surface area contributed by atoms with E-state index in [0.29, 0.717) is 0 Å². The highest BCUT2D eigenvalue weighted by molar-refractivity contribution is 7.66. The van der Waals surface area contributed by atoms with E-state index in [1.54, 1.807) is 0 Å². The van der Waals surface area contributed by atoms with Gasteiger partial charge in [-0.2, -0.15) is 0 Å². The molecule has 0 aromatic carbocycles. The predicted octanol–water partition coefficient (Wildman–Crippen LogP) is 2.55. The van der Waals surface area contributed by atoms with Crippen LogP contribution >= 0.6 is 0 Å². The Morgan fingerprint density at radius 1 is 0.615 bits per heavy atom. The van der Waals surface area contributed by atoms with Gasteiger partial charge in [0.2, 0.25) is 0 Å². The third-order valence-corrected chi connectivity index (χ3v) is 42.2. The van der Waals surface area contributed by atoms with E-state index >= 15 is 0 Å². The van der Waals surface area contributed by atoms with Gasteiger partial charge in [-0.05, 0) is 26.2 Å². The lowest BCUT2D eigenvalue weighted by Crippen LogP contribution is -2.72. The SMILES string of the molecule is CO[Si](C)(C)[Si](C)(C)[Si](C)(C)OC. The maximum absolute atomic E-state index is 5.75. The maximum atomic E-state index is 5.75. The van der Waals surface area contributed by atoms with Crippen molar-refractivity contribution in [2.24, 2.45) is 0 Å². The number of rotatable bonds is 4. The van der Waals surface area contributed by atoms with E-state index in [2.05, 4.69) is 39.3 Å². The zero-order valence-corrected chi connectivity index (χ0v) is 13.3. The van der Waals surface area contributed by atoms with Crippen LogP contribution in [0.4, 0.5) is 0 Å². The zero-order chi connectivity index (χ0) is 10.9. The van der Waals surface area contributed by atoms with E-state index in [9.17, 15) is 0 Å². The standard InChI is InChI=1S/C8H24O2Si3/c1-9-11(3,4)13(7,8)12(5,6)10-2/h1-8H3. The lowest BCUT2D eigenvalue weighted by atomic mass is 11.8. The van der Waals surface area contributed by atoms with Crippen molar-refractivity contribution in [1.29, 1.82) is 0 Å². The van der Waals surface area contributed by atoms with Crippen molar-refractivity contribution in [3.63, 3.8) is 0 Å². The van der Waals surface area contributed by atoms with E-state index in [1.807, 2.05) is 14.2 Å². The molecule has 2 nitrogen and oxygen atoms in total. The van der Waals surface area contributed by atoms with Crippen LogP contribution in [0.1, 0.15) is 0 Å². The van der Waals surface area contributed by atoms with Crippen LogP contribution in [0, 0.1) is 0 Å². The van der Waals surface area contributed by atoms with Gasteiger partial charge >= 0.3 is 0 Å². The molecule has 0 saturated heterocycles. The van der Waals surface area contributed by atoms with Crippen molar-refractivity contribution < 1.29 is 8.85 Å². The first-order chi connectivity index (χ1) is 5.62. The molecule has 0 radical (unpaired) electrons. The molecular formula is C8H24O2Si3. The first-order valence-electron chi connectivity index (χ1n) is 4.72.